The van der Waals surface area contributed by atoms with Crippen molar-refractivity contribution >= 4 is 11.6 Å². The van der Waals surface area contributed by atoms with Crippen LogP contribution in [0, 0.1) is 0 Å². The third kappa shape index (κ3) is 3.11. The number of nitrogens with one attached hydrogen (secondary N) is 1. The summed E-state index contributed by atoms with van der Waals surface area (Å²) in [7, 11) is 0. The van der Waals surface area contributed by atoms with Crippen molar-refractivity contribution in [3.05, 3.63) is 11.9 Å². The fraction of sp³-hybridized carbons (Fsp3) is 0.692. The van der Waals surface area contributed by atoms with Gasteiger partial charge in [-0.05, 0) is 19.3 Å². The van der Waals surface area contributed by atoms with E-state index in [4.69, 9.17) is 0 Å². The molecule has 0 atom stereocenters. The van der Waals surface area contributed by atoms with E-state index in [0.29, 0.717) is 11.7 Å². The van der Waals surface area contributed by atoms with Crippen molar-refractivity contribution in [2.75, 3.05) is 5.32 Å². The zero-order chi connectivity index (χ0) is 13.8. The summed E-state index contributed by atoms with van der Waals surface area (Å²) in [5.74, 6) is -1.26. The van der Waals surface area contributed by atoms with Gasteiger partial charge in [-0.1, -0.05) is 26.2 Å². The number of halogens is 2. The van der Waals surface area contributed by atoms with Gasteiger partial charge in [-0.3, -0.25) is 9.48 Å². The van der Waals surface area contributed by atoms with Crippen LogP contribution in [0.5, 0.6) is 0 Å². The topological polar surface area (TPSA) is 46.9 Å². The average molecular weight is 271 g/mol. The number of hydrogen-bond acceptors (Lipinski definition) is 2. The maximum Gasteiger partial charge on any atom is 0.315 e. The van der Waals surface area contributed by atoms with Crippen LogP contribution in [0.1, 0.15) is 50.8 Å². The van der Waals surface area contributed by atoms with Crippen LogP contribution < -0.4 is 5.32 Å². The lowest BCUT2D eigenvalue weighted by atomic mass is 10.2. The smallest absolute Gasteiger partial charge is 0.315 e. The fourth-order valence-electron chi connectivity index (χ4n) is 2.63. The first-order chi connectivity index (χ1) is 9.13. The Morgan fingerprint density at radius 2 is 2.21 bits per heavy atom. The molecule has 1 fully saturated rings. The van der Waals surface area contributed by atoms with Crippen molar-refractivity contribution < 1.29 is 13.6 Å². The van der Waals surface area contributed by atoms with Crippen LogP contribution in [0.4, 0.5) is 14.5 Å². The van der Waals surface area contributed by atoms with E-state index in [9.17, 15) is 13.6 Å². The molecule has 1 aromatic rings. The second kappa shape index (κ2) is 6.12. The Labute approximate surface area is 111 Å². The number of anilines is 1. The predicted octanol–water partition coefficient (Wildman–Crippen LogP) is 3.15. The van der Waals surface area contributed by atoms with Crippen LogP contribution in [0.15, 0.2) is 6.20 Å². The van der Waals surface area contributed by atoms with Crippen LogP contribution >= 0.6 is 0 Å². The van der Waals surface area contributed by atoms with Gasteiger partial charge in [0.1, 0.15) is 0 Å². The van der Waals surface area contributed by atoms with Gasteiger partial charge < -0.3 is 5.32 Å². The zero-order valence-corrected chi connectivity index (χ0v) is 11.0. The highest BCUT2D eigenvalue weighted by molar-refractivity contribution is 5.93. The highest BCUT2D eigenvalue weighted by Crippen LogP contribution is 2.32. The maximum atomic E-state index is 12.3. The lowest BCUT2D eigenvalue weighted by Gasteiger charge is -2.15. The number of amides is 1. The van der Waals surface area contributed by atoms with Gasteiger partial charge in [-0.25, -0.2) is 0 Å². The Bertz CT molecular complexity index is 439. The minimum Gasteiger partial charge on any atom is -0.318 e. The van der Waals surface area contributed by atoms with Gasteiger partial charge in [0, 0.05) is 0 Å². The molecule has 1 amide bonds. The summed E-state index contributed by atoms with van der Waals surface area (Å²) in [4.78, 5) is 11.1. The number of aromatic nitrogens is 2. The van der Waals surface area contributed by atoms with E-state index < -0.39 is 12.3 Å². The Morgan fingerprint density at radius 3 is 2.79 bits per heavy atom. The highest BCUT2D eigenvalue weighted by Gasteiger charge is 2.24. The first-order valence-electron chi connectivity index (χ1n) is 6.79. The molecule has 0 radical (unpaired) electrons. The van der Waals surface area contributed by atoms with Crippen molar-refractivity contribution in [2.24, 2.45) is 0 Å². The molecular weight excluding hydrogens is 252 g/mol. The minimum atomic E-state index is -3.00. The molecule has 1 saturated carbocycles. The van der Waals surface area contributed by atoms with E-state index in [0.717, 1.165) is 31.4 Å². The standard InChI is InChI=1S/C13H19F2N3O/c1-2-5-11-10(17-13(19)12(14)15)8-16-18(11)9-6-3-4-7-9/h8-9,12H,2-7H2,1H3,(H,17,19). The van der Waals surface area contributed by atoms with E-state index >= 15 is 0 Å². The molecule has 6 heteroatoms. The normalized spacial score (nSPS) is 16.2. The summed E-state index contributed by atoms with van der Waals surface area (Å²) in [5.41, 5.74) is 1.29. The molecule has 0 aromatic carbocycles. The molecular formula is C13H19F2N3O. The van der Waals surface area contributed by atoms with Gasteiger partial charge >= 0.3 is 6.43 Å². The van der Waals surface area contributed by atoms with Crippen molar-refractivity contribution in [2.45, 2.75) is 57.9 Å². The second-order valence-corrected chi connectivity index (χ2v) is 4.93. The Morgan fingerprint density at radius 1 is 1.53 bits per heavy atom. The summed E-state index contributed by atoms with van der Waals surface area (Å²) in [5, 5.41) is 6.55. The molecule has 106 valence electrons. The van der Waals surface area contributed by atoms with E-state index in [1.165, 1.54) is 19.0 Å². The van der Waals surface area contributed by atoms with Gasteiger partial charge in [0.15, 0.2) is 0 Å². The van der Waals surface area contributed by atoms with Crippen molar-refractivity contribution in [1.29, 1.82) is 0 Å². The molecule has 19 heavy (non-hydrogen) atoms. The van der Waals surface area contributed by atoms with Crippen LogP contribution in [-0.2, 0) is 11.2 Å². The predicted molar refractivity (Wildman–Crippen MR) is 68.4 cm³/mol. The maximum absolute atomic E-state index is 12.3. The molecule has 0 unspecified atom stereocenters. The number of carbonyl (C=O) groups is 1. The average Bonchev–Trinajstić information content (AvgIpc) is 3.00. The van der Waals surface area contributed by atoms with Gasteiger partial charge in [-0.2, -0.15) is 13.9 Å². The molecule has 1 heterocycles. The second-order valence-electron chi connectivity index (χ2n) is 4.93. The van der Waals surface area contributed by atoms with Crippen molar-refractivity contribution in [1.82, 2.24) is 9.78 Å². The molecule has 1 aliphatic carbocycles. The van der Waals surface area contributed by atoms with Gasteiger partial charge in [0.05, 0.1) is 23.6 Å². The van der Waals surface area contributed by atoms with E-state index in [1.54, 1.807) is 0 Å². The number of nitrogens with zero attached hydrogens (tertiary/aromatic N) is 2. The van der Waals surface area contributed by atoms with Gasteiger partial charge in [0.25, 0.3) is 5.91 Å². The summed E-state index contributed by atoms with van der Waals surface area (Å²) in [6, 6.07) is 0.346. The van der Waals surface area contributed by atoms with Crippen LogP contribution in [0.25, 0.3) is 0 Å². The van der Waals surface area contributed by atoms with E-state index in [2.05, 4.69) is 10.4 Å². The van der Waals surface area contributed by atoms with E-state index in [-0.39, 0.29) is 0 Å². The number of rotatable bonds is 5. The molecule has 0 saturated heterocycles. The minimum absolute atomic E-state index is 0.346. The third-order valence-corrected chi connectivity index (χ3v) is 3.51. The molecule has 4 nitrogen and oxygen atoms in total. The lowest BCUT2D eigenvalue weighted by molar-refractivity contribution is -0.126. The molecule has 0 spiro atoms. The first kappa shape index (κ1) is 14.0. The van der Waals surface area contributed by atoms with Crippen LogP contribution in [-0.4, -0.2) is 22.1 Å². The molecule has 0 aliphatic heterocycles. The van der Waals surface area contributed by atoms with E-state index in [1.807, 2.05) is 11.6 Å². The van der Waals surface area contributed by atoms with Crippen LogP contribution in [0.3, 0.4) is 0 Å². The summed E-state index contributed by atoms with van der Waals surface area (Å²) in [6.45, 7) is 2.02. The SMILES string of the molecule is CCCc1c(NC(=O)C(F)F)cnn1C1CCCC1. The van der Waals surface area contributed by atoms with Gasteiger partial charge in [-0.15, -0.1) is 0 Å². The van der Waals surface area contributed by atoms with Crippen molar-refractivity contribution in [3.63, 3.8) is 0 Å². The zero-order valence-electron chi connectivity index (χ0n) is 11.0. The molecule has 1 N–H and O–H groups in total. The Hall–Kier alpha value is -1.46. The third-order valence-electron chi connectivity index (χ3n) is 3.51. The van der Waals surface area contributed by atoms with Crippen molar-refractivity contribution in [3.8, 4) is 0 Å². The number of alkyl halides is 2. The number of hydrogen-bond donors (Lipinski definition) is 1. The summed E-state index contributed by atoms with van der Waals surface area (Å²) in [6.07, 6.45) is 4.60. The molecule has 0 bridgehead atoms. The molecule has 2 rings (SSSR count). The Balaban J connectivity index is 2.20. The largest absolute Gasteiger partial charge is 0.318 e. The summed E-state index contributed by atoms with van der Waals surface area (Å²) >= 11 is 0. The first-order valence-corrected chi connectivity index (χ1v) is 6.79. The molecule has 1 aliphatic rings. The highest BCUT2D eigenvalue weighted by atomic mass is 19.3. The van der Waals surface area contributed by atoms with Crippen LogP contribution in [0.2, 0.25) is 0 Å². The fourth-order valence-corrected chi connectivity index (χ4v) is 2.63. The molecule has 1 aromatic heterocycles. The summed E-state index contributed by atoms with van der Waals surface area (Å²) < 4.78 is 26.5. The Kier molecular flexibility index (Phi) is 4.50. The monoisotopic (exact) mass is 271 g/mol. The quantitative estimate of drug-likeness (QED) is 0.894. The lowest BCUT2D eigenvalue weighted by Crippen LogP contribution is -2.21. The number of carbonyl (C=O) groups excluding carboxylic acids is 1. The van der Waals surface area contributed by atoms with Gasteiger partial charge in [0.2, 0.25) is 0 Å².